The Hall–Kier alpha value is -3.35. The third kappa shape index (κ3) is 2.77. The second-order valence-corrected chi connectivity index (χ2v) is 6.05. The van der Waals surface area contributed by atoms with Crippen LogP contribution in [0.25, 0.3) is 22.1 Å². The first-order valence-electron chi connectivity index (χ1n) is 8.51. The first-order valence-corrected chi connectivity index (χ1v) is 8.51. The van der Waals surface area contributed by atoms with Crippen molar-refractivity contribution >= 4 is 34.0 Å². The van der Waals surface area contributed by atoms with Gasteiger partial charge in [0.25, 0.3) is 0 Å². The number of anilines is 1. The summed E-state index contributed by atoms with van der Waals surface area (Å²) in [6.07, 6.45) is 0.912. The molecule has 7 nitrogen and oxygen atoms in total. The van der Waals surface area contributed by atoms with Gasteiger partial charge in [0.15, 0.2) is 5.58 Å². The molecule has 4 aromatic rings. The lowest BCUT2D eigenvalue weighted by Crippen LogP contribution is -2.26. The van der Waals surface area contributed by atoms with Crippen LogP contribution in [0, 0.1) is 0 Å². The Morgan fingerprint density at radius 1 is 1.08 bits per heavy atom. The van der Waals surface area contributed by atoms with Crippen LogP contribution in [0.4, 0.5) is 5.95 Å². The minimum Gasteiger partial charge on any atom is -0.408 e. The Bertz CT molecular complexity index is 1150. The molecule has 7 heteroatoms. The molecule has 132 valence electrons. The highest BCUT2D eigenvalue weighted by Crippen LogP contribution is 2.20. The maximum absolute atomic E-state index is 12.5. The number of oxazole rings is 1. The molecule has 26 heavy (non-hydrogen) atoms. The molecule has 2 aromatic carbocycles. The van der Waals surface area contributed by atoms with E-state index in [-0.39, 0.29) is 12.5 Å². The molecule has 2 aromatic heterocycles. The third-order valence-electron chi connectivity index (χ3n) is 4.23. The number of aryl methyl sites for hydroxylation is 1. The monoisotopic (exact) mass is 350 g/mol. The fraction of sp³-hybridized carbons (Fsp3) is 0.211. The lowest BCUT2D eigenvalue weighted by atomic mass is 10.3. The number of nitrogens with one attached hydrogen (secondary N) is 1. The quantitative estimate of drug-likeness (QED) is 0.600. The van der Waals surface area contributed by atoms with E-state index in [4.69, 9.17) is 4.42 Å². The maximum atomic E-state index is 12.5. The normalized spacial score (nSPS) is 11.3. The lowest BCUT2D eigenvalue weighted by Gasteiger charge is -2.09. The van der Waals surface area contributed by atoms with E-state index in [1.807, 2.05) is 28.8 Å². The molecule has 1 N–H and O–H groups in total. The summed E-state index contributed by atoms with van der Waals surface area (Å²) >= 11 is 0. The first kappa shape index (κ1) is 16.1. The van der Waals surface area contributed by atoms with Crippen molar-refractivity contribution in [3.05, 3.63) is 59.1 Å². The van der Waals surface area contributed by atoms with Gasteiger partial charge in [-0.05, 0) is 30.7 Å². The van der Waals surface area contributed by atoms with Gasteiger partial charge < -0.3 is 8.98 Å². The number of rotatable bonds is 5. The first-order chi connectivity index (χ1) is 12.7. The SMILES string of the molecule is CCCn1c(NC(=O)Cn2c(=O)oc3ccccc32)nc2ccccc21. The molecule has 0 saturated heterocycles. The highest BCUT2D eigenvalue weighted by atomic mass is 16.4. The van der Waals surface area contributed by atoms with Crippen molar-refractivity contribution in [3.8, 4) is 0 Å². The van der Waals surface area contributed by atoms with Crippen LogP contribution in [0.2, 0.25) is 0 Å². The van der Waals surface area contributed by atoms with E-state index in [1.165, 1.54) is 4.57 Å². The molecule has 0 atom stereocenters. The zero-order chi connectivity index (χ0) is 18.1. The minimum atomic E-state index is -0.552. The van der Waals surface area contributed by atoms with E-state index >= 15 is 0 Å². The molecule has 0 unspecified atom stereocenters. The molecule has 2 heterocycles. The van der Waals surface area contributed by atoms with Crippen molar-refractivity contribution in [1.82, 2.24) is 14.1 Å². The Kier molecular flexibility index (Phi) is 4.04. The third-order valence-corrected chi connectivity index (χ3v) is 4.23. The van der Waals surface area contributed by atoms with Crippen LogP contribution in [-0.2, 0) is 17.9 Å². The summed E-state index contributed by atoms with van der Waals surface area (Å²) in [7, 11) is 0. The van der Waals surface area contributed by atoms with E-state index < -0.39 is 5.76 Å². The Morgan fingerprint density at radius 3 is 2.62 bits per heavy atom. The van der Waals surface area contributed by atoms with Crippen LogP contribution < -0.4 is 11.1 Å². The smallest absolute Gasteiger partial charge is 0.408 e. The molecular weight excluding hydrogens is 332 g/mol. The van der Waals surface area contributed by atoms with Gasteiger partial charge >= 0.3 is 5.76 Å². The van der Waals surface area contributed by atoms with Gasteiger partial charge in [0.1, 0.15) is 6.54 Å². The summed E-state index contributed by atoms with van der Waals surface area (Å²) in [5.74, 6) is -0.395. The van der Waals surface area contributed by atoms with Gasteiger partial charge in [-0.1, -0.05) is 31.2 Å². The molecule has 0 aliphatic carbocycles. The van der Waals surface area contributed by atoms with Crippen molar-refractivity contribution in [2.45, 2.75) is 26.4 Å². The van der Waals surface area contributed by atoms with E-state index in [1.54, 1.807) is 24.3 Å². The van der Waals surface area contributed by atoms with Crippen molar-refractivity contribution in [2.24, 2.45) is 0 Å². The molecule has 0 aliphatic heterocycles. The van der Waals surface area contributed by atoms with Crippen LogP contribution in [0.1, 0.15) is 13.3 Å². The van der Waals surface area contributed by atoms with Gasteiger partial charge in [0.05, 0.1) is 16.6 Å². The molecule has 0 fully saturated rings. The minimum absolute atomic E-state index is 0.134. The number of nitrogens with zero attached hydrogens (tertiary/aromatic N) is 3. The van der Waals surface area contributed by atoms with Crippen LogP contribution in [0.3, 0.4) is 0 Å². The summed E-state index contributed by atoms with van der Waals surface area (Å²) < 4.78 is 8.46. The molecule has 1 amide bonds. The van der Waals surface area contributed by atoms with Crippen LogP contribution in [-0.4, -0.2) is 20.0 Å². The van der Waals surface area contributed by atoms with Gasteiger partial charge in [-0.3, -0.25) is 14.7 Å². The van der Waals surface area contributed by atoms with E-state index in [0.29, 0.717) is 17.0 Å². The topological polar surface area (TPSA) is 82.1 Å². The Balaban J connectivity index is 1.64. The van der Waals surface area contributed by atoms with Gasteiger partial charge in [0, 0.05) is 6.54 Å². The zero-order valence-electron chi connectivity index (χ0n) is 14.3. The molecule has 0 radical (unpaired) electrons. The number of hydrogen-bond acceptors (Lipinski definition) is 4. The van der Waals surface area contributed by atoms with E-state index in [0.717, 1.165) is 24.0 Å². The van der Waals surface area contributed by atoms with Gasteiger partial charge in [0.2, 0.25) is 11.9 Å². The number of para-hydroxylation sites is 4. The summed E-state index contributed by atoms with van der Waals surface area (Å²) in [5, 5.41) is 2.83. The van der Waals surface area contributed by atoms with Crippen LogP contribution >= 0.6 is 0 Å². The molecule has 0 saturated carbocycles. The van der Waals surface area contributed by atoms with E-state index in [9.17, 15) is 9.59 Å². The Labute approximate surface area is 148 Å². The molecule has 0 spiro atoms. The van der Waals surface area contributed by atoms with Crippen molar-refractivity contribution in [1.29, 1.82) is 0 Å². The summed E-state index contributed by atoms with van der Waals surface area (Å²) in [6, 6.07) is 14.8. The average Bonchev–Trinajstić information content (AvgIpc) is 3.13. The second kappa shape index (κ2) is 6.51. The van der Waals surface area contributed by atoms with Gasteiger partial charge in [-0.2, -0.15) is 0 Å². The van der Waals surface area contributed by atoms with Crippen molar-refractivity contribution in [2.75, 3.05) is 5.32 Å². The number of hydrogen-bond donors (Lipinski definition) is 1. The fourth-order valence-electron chi connectivity index (χ4n) is 3.09. The summed E-state index contributed by atoms with van der Waals surface area (Å²) in [6.45, 7) is 2.67. The largest absolute Gasteiger partial charge is 0.420 e. The number of amides is 1. The number of benzene rings is 2. The molecule has 4 rings (SSSR count). The number of carbonyl (C=O) groups excluding carboxylic acids is 1. The predicted octanol–water partition coefficient (Wildman–Crippen LogP) is 2.99. The van der Waals surface area contributed by atoms with Gasteiger partial charge in [-0.15, -0.1) is 0 Å². The standard InChI is InChI=1S/C19H18N4O3/c1-2-11-22-14-8-4-3-7-13(14)20-18(22)21-17(24)12-23-15-9-5-6-10-16(15)26-19(23)25/h3-10H,2,11-12H2,1H3,(H,20,21,24). The highest BCUT2D eigenvalue weighted by molar-refractivity contribution is 5.92. The maximum Gasteiger partial charge on any atom is 0.420 e. The number of carbonyl (C=O) groups is 1. The second-order valence-electron chi connectivity index (χ2n) is 6.05. The Morgan fingerprint density at radius 2 is 1.81 bits per heavy atom. The zero-order valence-corrected chi connectivity index (χ0v) is 14.3. The van der Waals surface area contributed by atoms with Crippen molar-refractivity contribution in [3.63, 3.8) is 0 Å². The molecule has 0 aliphatic rings. The predicted molar refractivity (Wildman–Crippen MR) is 99.1 cm³/mol. The molecule has 0 bridgehead atoms. The lowest BCUT2D eigenvalue weighted by molar-refractivity contribution is -0.116. The number of fused-ring (bicyclic) bond motifs is 2. The fourth-order valence-corrected chi connectivity index (χ4v) is 3.09. The van der Waals surface area contributed by atoms with Gasteiger partial charge in [-0.25, -0.2) is 9.78 Å². The average molecular weight is 350 g/mol. The van der Waals surface area contributed by atoms with E-state index in [2.05, 4.69) is 17.2 Å². The molecular formula is C19H18N4O3. The number of imidazole rings is 1. The number of aromatic nitrogens is 3. The van der Waals surface area contributed by atoms with Crippen LogP contribution in [0.15, 0.2) is 57.7 Å². The summed E-state index contributed by atoms with van der Waals surface area (Å²) in [5.41, 5.74) is 2.84. The summed E-state index contributed by atoms with van der Waals surface area (Å²) in [4.78, 5) is 29.1. The van der Waals surface area contributed by atoms with Crippen molar-refractivity contribution < 1.29 is 9.21 Å². The van der Waals surface area contributed by atoms with Crippen LogP contribution in [0.5, 0.6) is 0 Å². The highest BCUT2D eigenvalue weighted by Gasteiger charge is 2.16.